The van der Waals surface area contributed by atoms with E-state index in [1.165, 1.54) is 53.7 Å². The molecule has 0 saturated heterocycles. The predicted octanol–water partition coefficient (Wildman–Crippen LogP) is 8.14. The van der Waals surface area contributed by atoms with Gasteiger partial charge in [-0.15, -0.1) is 0 Å². The van der Waals surface area contributed by atoms with E-state index in [4.69, 9.17) is 0 Å². The van der Waals surface area contributed by atoms with Gasteiger partial charge in [-0.1, -0.05) is 62.9 Å². The Morgan fingerprint density at radius 1 is 0.879 bits per heavy atom. The van der Waals surface area contributed by atoms with Crippen LogP contribution in [0, 0.1) is 18.2 Å². The molecule has 0 aliphatic carbocycles. The molecule has 1 aromatic heterocycles. The molecule has 0 bridgehead atoms. The molecule has 0 unspecified atom stereocenters. The minimum Gasteiger partial charge on any atom is -0.207 e. The van der Waals surface area contributed by atoms with Gasteiger partial charge in [0.05, 0.1) is 10.9 Å². The maximum Gasteiger partial charge on any atom is 0.222 e. The summed E-state index contributed by atoms with van der Waals surface area (Å²) in [4.78, 5) is 2.50. The van der Waals surface area contributed by atoms with Crippen LogP contribution in [0.1, 0.15) is 31.9 Å². The lowest BCUT2D eigenvalue weighted by Gasteiger charge is -2.28. The Morgan fingerprint density at radius 3 is 2.39 bits per heavy atom. The number of aromatic nitrogens is 1. The molecule has 0 amide bonds. The molecule has 0 atom stereocenters. The fourth-order valence-electron chi connectivity index (χ4n) is 5.44. The van der Waals surface area contributed by atoms with Crippen LogP contribution in [0.25, 0.3) is 43.6 Å². The molecule has 0 radical (unpaired) electrons. The molecule has 4 aromatic carbocycles. The molecule has 1 nitrogen and oxygen atoms in total. The first-order chi connectivity index (χ1) is 15.7. The summed E-state index contributed by atoms with van der Waals surface area (Å²) < 4.78 is 16.7. The van der Waals surface area contributed by atoms with Crippen LogP contribution in [0.15, 0.2) is 70.6 Å². The number of rotatable bonds is 1. The van der Waals surface area contributed by atoms with E-state index in [0.29, 0.717) is 0 Å². The van der Waals surface area contributed by atoms with E-state index in [2.05, 4.69) is 81.9 Å². The largest absolute Gasteiger partial charge is 0.222 e. The summed E-state index contributed by atoms with van der Waals surface area (Å²) in [7, 11) is 2.13. The van der Waals surface area contributed by atoms with Crippen molar-refractivity contribution in [3.05, 3.63) is 77.7 Å². The molecule has 0 fully saturated rings. The zero-order chi connectivity index (χ0) is 23.1. The summed E-state index contributed by atoms with van der Waals surface area (Å²) in [5.74, 6) is -0.184. The molecule has 164 valence electrons. The van der Waals surface area contributed by atoms with Crippen LogP contribution in [0.2, 0.25) is 0 Å². The number of halogens is 1. The lowest BCUT2D eigenvalue weighted by molar-refractivity contribution is -0.659. The van der Waals surface area contributed by atoms with E-state index in [1.54, 1.807) is 12.1 Å². The van der Waals surface area contributed by atoms with Crippen LogP contribution in [-0.2, 0) is 13.5 Å². The molecule has 1 aliphatic rings. The predicted molar refractivity (Wildman–Crippen MR) is 138 cm³/mol. The van der Waals surface area contributed by atoms with Crippen LogP contribution in [0.4, 0.5) is 4.39 Å². The van der Waals surface area contributed by atoms with Gasteiger partial charge < -0.3 is 0 Å². The smallest absolute Gasteiger partial charge is 0.207 e. The number of hydrogen-bond donors (Lipinski definition) is 0. The maximum absolute atomic E-state index is 14.4. The van der Waals surface area contributed by atoms with Crippen molar-refractivity contribution in [2.45, 2.75) is 43.9 Å². The van der Waals surface area contributed by atoms with Crippen molar-refractivity contribution >= 4 is 44.1 Å². The van der Waals surface area contributed by atoms with Gasteiger partial charge in [0.25, 0.3) is 0 Å². The highest BCUT2D eigenvalue weighted by molar-refractivity contribution is 8.00. The number of hydrogen-bond acceptors (Lipinski definition) is 1. The molecule has 1 aliphatic heterocycles. The van der Waals surface area contributed by atoms with E-state index >= 15 is 0 Å². The first kappa shape index (κ1) is 20.7. The zero-order valence-corrected chi connectivity index (χ0v) is 20.5. The highest BCUT2D eigenvalue weighted by atomic mass is 32.2. The molecule has 2 heterocycles. The van der Waals surface area contributed by atoms with Gasteiger partial charge >= 0.3 is 0 Å². The molecule has 0 spiro atoms. The second-order valence-corrected chi connectivity index (χ2v) is 11.5. The fourth-order valence-corrected chi connectivity index (χ4v) is 6.90. The van der Waals surface area contributed by atoms with Gasteiger partial charge in [0, 0.05) is 15.9 Å². The number of pyridine rings is 1. The Kier molecular flexibility index (Phi) is 4.41. The molecular formula is C30H27FNS+. The van der Waals surface area contributed by atoms with E-state index in [9.17, 15) is 4.39 Å². The van der Waals surface area contributed by atoms with Gasteiger partial charge in [0.2, 0.25) is 5.69 Å². The minimum absolute atomic E-state index is 0.145. The van der Waals surface area contributed by atoms with Gasteiger partial charge in [-0.3, -0.25) is 0 Å². The van der Waals surface area contributed by atoms with Crippen LogP contribution in [0.3, 0.4) is 0 Å². The normalized spacial score (nSPS) is 13.2. The van der Waals surface area contributed by atoms with Crippen molar-refractivity contribution < 1.29 is 8.96 Å². The zero-order valence-electron chi connectivity index (χ0n) is 19.7. The second kappa shape index (κ2) is 7.04. The maximum atomic E-state index is 14.4. The SMILES string of the molecule is Cc1c2c(c(CC(C)(C)C)c3ccccc13)Sc1c3cc(F)ccc3cc3cc[n+](C)c-2c13. The molecule has 5 aromatic rings. The summed E-state index contributed by atoms with van der Waals surface area (Å²) in [6.45, 7) is 9.18. The number of aryl methyl sites for hydroxylation is 2. The topological polar surface area (TPSA) is 3.88 Å². The Morgan fingerprint density at radius 2 is 1.64 bits per heavy atom. The van der Waals surface area contributed by atoms with E-state index in [-0.39, 0.29) is 11.2 Å². The third kappa shape index (κ3) is 3.09. The Balaban J connectivity index is 1.84. The first-order valence-electron chi connectivity index (χ1n) is 11.5. The highest BCUT2D eigenvalue weighted by Crippen LogP contribution is 2.54. The molecular weight excluding hydrogens is 425 g/mol. The first-order valence-corrected chi connectivity index (χ1v) is 12.3. The third-order valence-electron chi connectivity index (χ3n) is 6.83. The van der Waals surface area contributed by atoms with Gasteiger partial charge in [-0.05, 0) is 75.0 Å². The van der Waals surface area contributed by atoms with E-state index in [0.717, 1.165) is 17.2 Å². The van der Waals surface area contributed by atoms with Crippen molar-refractivity contribution in [1.29, 1.82) is 0 Å². The average Bonchev–Trinajstić information content (AvgIpc) is 2.78. The Labute approximate surface area is 198 Å². The van der Waals surface area contributed by atoms with Gasteiger partial charge in [-0.25, -0.2) is 8.96 Å². The highest BCUT2D eigenvalue weighted by Gasteiger charge is 2.33. The fraction of sp³-hybridized carbons (Fsp3) is 0.233. The summed E-state index contributed by atoms with van der Waals surface area (Å²) in [5, 5.41) is 7.18. The molecule has 6 rings (SSSR count). The van der Waals surface area contributed by atoms with Crippen LogP contribution in [-0.4, -0.2) is 0 Å². The van der Waals surface area contributed by atoms with Gasteiger partial charge in [-0.2, -0.15) is 0 Å². The summed E-state index contributed by atoms with van der Waals surface area (Å²) in [5.41, 5.74) is 5.43. The monoisotopic (exact) mass is 452 g/mol. The summed E-state index contributed by atoms with van der Waals surface area (Å²) in [6.07, 6.45) is 3.14. The van der Waals surface area contributed by atoms with Gasteiger partial charge in [0.15, 0.2) is 6.20 Å². The Bertz CT molecular complexity index is 1630. The van der Waals surface area contributed by atoms with Crippen molar-refractivity contribution in [2.75, 3.05) is 0 Å². The molecule has 3 heteroatoms. The third-order valence-corrected chi connectivity index (χ3v) is 8.12. The van der Waals surface area contributed by atoms with Crippen molar-refractivity contribution in [3.63, 3.8) is 0 Å². The molecule has 0 N–H and O–H groups in total. The van der Waals surface area contributed by atoms with Crippen molar-refractivity contribution in [1.82, 2.24) is 0 Å². The molecule has 33 heavy (non-hydrogen) atoms. The lowest BCUT2D eigenvalue weighted by Crippen LogP contribution is -2.32. The van der Waals surface area contributed by atoms with Gasteiger partial charge in [0.1, 0.15) is 12.9 Å². The average molecular weight is 453 g/mol. The minimum atomic E-state index is -0.184. The second-order valence-electron chi connectivity index (χ2n) is 10.5. The molecule has 0 saturated carbocycles. The summed E-state index contributed by atoms with van der Waals surface area (Å²) >= 11 is 1.84. The summed E-state index contributed by atoms with van der Waals surface area (Å²) in [6, 6.07) is 18.4. The van der Waals surface area contributed by atoms with E-state index in [1.807, 2.05) is 17.8 Å². The number of nitrogens with zero attached hydrogens (tertiary/aromatic N) is 1. The van der Waals surface area contributed by atoms with Crippen LogP contribution >= 0.6 is 11.8 Å². The van der Waals surface area contributed by atoms with E-state index < -0.39 is 0 Å². The number of fused-ring (bicyclic) bond motifs is 5. The quantitative estimate of drug-likeness (QED) is 0.180. The van der Waals surface area contributed by atoms with Crippen molar-refractivity contribution in [3.8, 4) is 11.3 Å². The van der Waals surface area contributed by atoms with Crippen molar-refractivity contribution in [2.24, 2.45) is 12.5 Å². The standard InChI is InChI=1S/C30H27FNS/c1-17-21-8-6-7-9-22(21)24(16-30(2,3)4)29-25(17)27-26-19(12-13-32(27)5)14-18-10-11-20(31)15-23(18)28(26)33-29/h6-15H,16H2,1-5H3/q+1. The lowest BCUT2D eigenvalue weighted by atomic mass is 9.83. The van der Waals surface area contributed by atoms with Crippen LogP contribution in [0.5, 0.6) is 0 Å². The number of benzene rings is 4. The Hall–Kier alpha value is -2.91. The van der Waals surface area contributed by atoms with Crippen LogP contribution < -0.4 is 4.57 Å².